The summed E-state index contributed by atoms with van der Waals surface area (Å²) in [6.45, 7) is 5.11. The molecule has 3 aromatic rings. The highest BCUT2D eigenvalue weighted by Gasteiger charge is 2.16. The van der Waals surface area contributed by atoms with Gasteiger partial charge < -0.3 is 15.6 Å². The molecule has 0 radical (unpaired) electrons. The number of aromatic nitrogens is 3. The number of para-hydroxylation sites is 1. The Hall–Kier alpha value is -2.40. The van der Waals surface area contributed by atoms with Crippen LogP contribution in [0.25, 0.3) is 21.9 Å². The zero-order valence-corrected chi connectivity index (χ0v) is 18.2. The average Bonchev–Trinajstić information content (AvgIpc) is 3.15. The molecular weight excluding hydrogens is 370 g/mol. The molecule has 0 saturated heterocycles. The van der Waals surface area contributed by atoms with Gasteiger partial charge in [0.05, 0.1) is 11.0 Å². The number of nitrogens with zero attached hydrogens (tertiary/aromatic N) is 3. The molecule has 1 aliphatic carbocycles. The van der Waals surface area contributed by atoms with Crippen LogP contribution in [-0.4, -0.2) is 27.6 Å². The smallest absolute Gasteiger partial charge is 0.152 e. The van der Waals surface area contributed by atoms with E-state index in [0.29, 0.717) is 5.82 Å². The van der Waals surface area contributed by atoms with Crippen LogP contribution >= 0.6 is 0 Å². The van der Waals surface area contributed by atoms with Crippen LogP contribution in [0.4, 0.5) is 5.82 Å². The topological polar surface area (TPSA) is 68.8 Å². The van der Waals surface area contributed by atoms with Gasteiger partial charge in [-0.25, -0.2) is 9.97 Å². The molecule has 4 rings (SSSR count). The van der Waals surface area contributed by atoms with Crippen molar-refractivity contribution in [2.24, 2.45) is 5.92 Å². The van der Waals surface area contributed by atoms with Gasteiger partial charge in [0.15, 0.2) is 5.82 Å². The van der Waals surface area contributed by atoms with Gasteiger partial charge in [0.1, 0.15) is 11.3 Å². The first-order chi connectivity index (χ1) is 14.8. The van der Waals surface area contributed by atoms with Gasteiger partial charge in [0.2, 0.25) is 0 Å². The van der Waals surface area contributed by atoms with E-state index in [1.807, 2.05) is 12.1 Å². The number of nitrogens with one attached hydrogen (secondary N) is 1. The van der Waals surface area contributed by atoms with Gasteiger partial charge in [-0.3, -0.25) is 0 Å². The molecule has 160 valence electrons. The van der Waals surface area contributed by atoms with Crippen molar-refractivity contribution in [3.05, 3.63) is 42.2 Å². The minimum atomic E-state index is 0.526. The Morgan fingerprint density at radius 2 is 1.97 bits per heavy atom. The van der Waals surface area contributed by atoms with Gasteiger partial charge in [-0.2, -0.15) is 0 Å². The molecule has 0 amide bonds. The highest BCUT2D eigenvalue weighted by molar-refractivity contribution is 6.06. The summed E-state index contributed by atoms with van der Waals surface area (Å²) in [5, 5.41) is 4.74. The highest BCUT2D eigenvalue weighted by atomic mass is 15.1. The van der Waals surface area contributed by atoms with E-state index in [1.54, 1.807) is 0 Å². The lowest BCUT2D eigenvalue weighted by molar-refractivity contribution is 0.346. The predicted molar refractivity (Wildman–Crippen MR) is 127 cm³/mol. The molecule has 1 aromatic carbocycles. The number of nitrogen functional groups attached to an aromatic ring is 1. The molecule has 2 heterocycles. The van der Waals surface area contributed by atoms with Crippen molar-refractivity contribution in [3.8, 4) is 0 Å². The fourth-order valence-corrected chi connectivity index (χ4v) is 4.65. The normalized spacial score (nSPS) is 15.6. The highest BCUT2D eigenvalue weighted by Crippen LogP contribution is 2.29. The van der Waals surface area contributed by atoms with E-state index < -0.39 is 0 Å². The monoisotopic (exact) mass is 405 g/mol. The number of benzene rings is 1. The molecule has 1 saturated carbocycles. The second-order valence-electron chi connectivity index (χ2n) is 8.59. The first-order valence-corrected chi connectivity index (χ1v) is 11.7. The zero-order chi connectivity index (χ0) is 20.8. The number of nitrogens with two attached hydrogens (primary N) is 1. The minimum Gasteiger partial charge on any atom is -0.382 e. The summed E-state index contributed by atoms with van der Waals surface area (Å²) in [6.07, 6.45) is 14.8. The van der Waals surface area contributed by atoms with Gasteiger partial charge >= 0.3 is 0 Å². The molecule has 3 N–H and O–H groups in total. The second-order valence-corrected chi connectivity index (χ2v) is 8.59. The van der Waals surface area contributed by atoms with E-state index in [4.69, 9.17) is 10.7 Å². The van der Waals surface area contributed by atoms with Crippen molar-refractivity contribution in [1.29, 1.82) is 0 Å². The molecule has 5 heteroatoms. The summed E-state index contributed by atoms with van der Waals surface area (Å²) < 4.78 is 2.34. The number of allylic oxidation sites excluding steroid dienone is 1. The van der Waals surface area contributed by atoms with Crippen LogP contribution in [0.3, 0.4) is 0 Å². The first kappa shape index (κ1) is 20.9. The molecule has 2 aromatic heterocycles. The van der Waals surface area contributed by atoms with Crippen LogP contribution in [0.5, 0.6) is 0 Å². The minimum absolute atomic E-state index is 0.526. The molecule has 0 aliphatic heterocycles. The van der Waals surface area contributed by atoms with Crippen molar-refractivity contribution < 1.29 is 0 Å². The van der Waals surface area contributed by atoms with E-state index in [0.717, 1.165) is 72.6 Å². The molecule has 0 unspecified atom stereocenters. The average molecular weight is 406 g/mol. The summed E-state index contributed by atoms with van der Waals surface area (Å²) in [7, 11) is 0. The molecule has 0 bridgehead atoms. The lowest BCUT2D eigenvalue weighted by Crippen LogP contribution is -2.24. The molecule has 0 atom stereocenters. The summed E-state index contributed by atoms with van der Waals surface area (Å²) in [6, 6.07) is 8.23. The largest absolute Gasteiger partial charge is 0.382 e. The van der Waals surface area contributed by atoms with E-state index in [1.165, 1.54) is 32.1 Å². The maximum Gasteiger partial charge on any atom is 0.152 e. The van der Waals surface area contributed by atoms with Gasteiger partial charge in [-0.1, -0.05) is 63.0 Å². The van der Waals surface area contributed by atoms with Crippen molar-refractivity contribution in [1.82, 2.24) is 19.9 Å². The zero-order valence-electron chi connectivity index (χ0n) is 18.2. The van der Waals surface area contributed by atoms with Crippen LogP contribution in [0.15, 0.2) is 36.4 Å². The lowest BCUT2D eigenvalue weighted by Gasteiger charge is -2.21. The van der Waals surface area contributed by atoms with Crippen LogP contribution < -0.4 is 11.1 Å². The number of hydrogen-bond acceptors (Lipinski definition) is 4. The number of pyridine rings is 1. The van der Waals surface area contributed by atoms with E-state index in [2.05, 4.69) is 46.1 Å². The Balaban J connectivity index is 1.52. The van der Waals surface area contributed by atoms with Gasteiger partial charge in [-0.15, -0.1) is 0 Å². The van der Waals surface area contributed by atoms with Crippen molar-refractivity contribution in [2.45, 2.75) is 64.8 Å². The number of hydrogen-bond donors (Lipinski definition) is 2. The fourth-order valence-electron chi connectivity index (χ4n) is 4.65. The van der Waals surface area contributed by atoms with E-state index >= 15 is 0 Å². The summed E-state index contributed by atoms with van der Waals surface area (Å²) in [5.74, 6) is 2.50. The van der Waals surface area contributed by atoms with Gasteiger partial charge in [-0.05, 0) is 37.8 Å². The summed E-state index contributed by atoms with van der Waals surface area (Å²) in [4.78, 5) is 9.48. The summed E-state index contributed by atoms with van der Waals surface area (Å²) >= 11 is 0. The number of imidazole rings is 1. The Bertz CT molecular complexity index is 998. The van der Waals surface area contributed by atoms with E-state index in [9.17, 15) is 0 Å². The third-order valence-corrected chi connectivity index (χ3v) is 6.32. The fraction of sp³-hybridized carbons (Fsp3) is 0.520. The summed E-state index contributed by atoms with van der Waals surface area (Å²) in [5.41, 5.74) is 9.17. The Morgan fingerprint density at radius 3 is 2.80 bits per heavy atom. The Morgan fingerprint density at radius 1 is 1.13 bits per heavy atom. The quantitative estimate of drug-likeness (QED) is 0.377. The molecule has 5 nitrogen and oxygen atoms in total. The number of unbranched alkanes of at least 4 members (excludes halogenated alkanes) is 1. The standard InChI is InChI=1S/C25H35N5/c1-2-3-15-22-29-23-24(20-13-7-8-14-21(20)28-25(23)26)30(22)17-10-9-16-27-18-19-11-5-4-6-12-19/h7-10,13-14,19,27H,2-6,11-12,15-18H2,1H3,(H2,26,28)/b10-9+. The third kappa shape index (κ3) is 4.67. The van der Waals surface area contributed by atoms with Crippen LogP contribution in [0.1, 0.15) is 57.7 Å². The van der Waals surface area contributed by atoms with Gasteiger partial charge in [0, 0.05) is 24.9 Å². The maximum atomic E-state index is 6.28. The first-order valence-electron chi connectivity index (χ1n) is 11.7. The molecular formula is C25H35N5. The SMILES string of the molecule is CCCCc1nc2c(N)nc3ccccc3c2n1C/C=C/CNCC1CCCCC1. The number of rotatable bonds is 9. The second kappa shape index (κ2) is 10.1. The Labute approximate surface area is 179 Å². The molecule has 0 spiro atoms. The number of aryl methyl sites for hydroxylation is 1. The predicted octanol–water partition coefficient (Wildman–Crippen LogP) is 5.24. The molecule has 1 aliphatic rings. The van der Waals surface area contributed by atoms with Gasteiger partial charge in [0.25, 0.3) is 0 Å². The van der Waals surface area contributed by atoms with Crippen LogP contribution in [0.2, 0.25) is 0 Å². The van der Waals surface area contributed by atoms with Crippen molar-refractivity contribution in [2.75, 3.05) is 18.8 Å². The molecule has 1 fully saturated rings. The maximum absolute atomic E-state index is 6.28. The number of anilines is 1. The lowest BCUT2D eigenvalue weighted by atomic mass is 9.89. The van der Waals surface area contributed by atoms with Crippen LogP contribution in [-0.2, 0) is 13.0 Å². The molecule has 30 heavy (non-hydrogen) atoms. The number of fused-ring (bicyclic) bond motifs is 3. The van der Waals surface area contributed by atoms with Crippen LogP contribution in [0, 0.1) is 5.92 Å². The Kier molecular flexibility index (Phi) is 7.00. The van der Waals surface area contributed by atoms with Crippen molar-refractivity contribution in [3.63, 3.8) is 0 Å². The van der Waals surface area contributed by atoms with Crippen molar-refractivity contribution >= 4 is 27.8 Å². The van der Waals surface area contributed by atoms with E-state index in [-0.39, 0.29) is 0 Å². The third-order valence-electron chi connectivity index (χ3n) is 6.32.